The first-order chi connectivity index (χ1) is 13.4. The fourth-order valence-corrected chi connectivity index (χ4v) is 3.33. The molecule has 1 fully saturated rings. The number of hydrogen-bond donors (Lipinski definition) is 2. The van der Waals surface area contributed by atoms with E-state index in [2.05, 4.69) is 20.5 Å². The molecule has 2 rings (SSSR count). The number of piperazine rings is 1. The lowest BCUT2D eigenvalue weighted by Gasteiger charge is -2.36. The van der Waals surface area contributed by atoms with Crippen molar-refractivity contribution in [1.29, 1.82) is 0 Å². The summed E-state index contributed by atoms with van der Waals surface area (Å²) >= 11 is 5.99. The van der Waals surface area contributed by atoms with Gasteiger partial charge in [-0.1, -0.05) is 23.7 Å². The number of guanidine groups is 1. The summed E-state index contributed by atoms with van der Waals surface area (Å²) < 4.78 is 0. The molecule has 7 nitrogen and oxygen atoms in total. The molecule has 1 aliphatic heterocycles. The number of carbonyl (C=O) groups excluding carboxylic acids is 2. The monoisotopic (exact) mass is 535 g/mol. The normalized spacial score (nSPS) is 14.4. The van der Waals surface area contributed by atoms with E-state index in [1.165, 1.54) is 0 Å². The maximum atomic E-state index is 12.5. The third-order valence-electron chi connectivity index (χ3n) is 4.47. The second kappa shape index (κ2) is 12.9. The van der Waals surface area contributed by atoms with Gasteiger partial charge in [0.05, 0.1) is 6.42 Å². The van der Waals surface area contributed by atoms with Gasteiger partial charge in [-0.2, -0.15) is 0 Å². The van der Waals surface area contributed by atoms with Crippen molar-refractivity contribution in [3.05, 3.63) is 34.9 Å². The van der Waals surface area contributed by atoms with E-state index in [0.717, 1.165) is 11.5 Å². The number of amides is 2. The van der Waals surface area contributed by atoms with E-state index in [9.17, 15) is 9.59 Å². The fourth-order valence-electron chi connectivity index (χ4n) is 3.12. The van der Waals surface area contributed by atoms with E-state index in [-0.39, 0.29) is 41.8 Å². The maximum absolute atomic E-state index is 12.5. The molecule has 0 unspecified atom stereocenters. The molecule has 0 atom stereocenters. The van der Waals surface area contributed by atoms with Gasteiger partial charge in [0.2, 0.25) is 11.8 Å². The van der Waals surface area contributed by atoms with Gasteiger partial charge in [0, 0.05) is 57.3 Å². The summed E-state index contributed by atoms with van der Waals surface area (Å²) in [5.74, 6) is 0.892. The highest BCUT2D eigenvalue weighted by Crippen LogP contribution is 2.13. The van der Waals surface area contributed by atoms with E-state index in [4.69, 9.17) is 11.6 Å². The van der Waals surface area contributed by atoms with Crippen LogP contribution in [0.2, 0.25) is 5.02 Å². The first-order valence-corrected chi connectivity index (χ1v) is 10.0. The number of carbonyl (C=O) groups is 2. The zero-order valence-electron chi connectivity index (χ0n) is 17.3. The number of nitrogens with zero attached hydrogens (tertiary/aromatic N) is 3. The maximum Gasteiger partial charge on any atom is 0.227 e. The van der Waals surface area contributed by atoms with Crippen LogP contribution < -0.4 is 10.6 Å². The molecule has 1 aliphatic rings. The van der Waals surface area contributed by atoms with E-state index >= 15 is 0 Å². The van der Waals surface area contributed by atoms with Crippen molar-refractivity contribution < 1.29 is 9.59 Å². The number of benzene rings is 1. The van der Waals surface area contributed by atoms with Crippen LogP contribution in [0, 0.1) is 0 Å². The molecule has 9 heteroatoms. The molecule has 2 amide bonds. The van der Waals surface area contributed by atoms with E-state index < -0.39 is 0 Å². The predicted molar refractivity (Wildman–Crippen MR) is 128 cm³/mol. The van der Waals surface area contributed by atoms with Crippen molar-refractivity contribution >= 4 is 53.4 Å². The molecule has 0 saturated carbocycles. The molecule has 1 aromatic carbocycles. The lowest BCUT2D eigenvalue weighted by Crippen LogP contribution is -2.54. The van der Waals surface area contributed by atoms with Gasteiger partial charge in [0.15, 0.2) is 5.96 Å². The van der Waals surface area contributed by atoms with Crippen molar-refractivity contribution in [2.75, 3.05) is 39.8 Å². The molecule has 162 valence electrons. The summed E-state index contributed by atoms with van der Waals surface area (Å²) in [6.45, 7) is 7.12. The summed E-state index contributed by atoms with van der Waals surface area (Å²) in [5.41, 5.74) is 0.928. The lowest BCUT2D eigenvalue weighted by molar-refractivity contribution is -0.131. The summed E-state index contributed by atoms with van der Waals surface area (Å²) in [5, 5.41) is 6.75. The molecule has 0 aromatic heterocycles. The number of nitrogens with one attached hydrogen (secondary N) is 2. The second-order valence-corrected chi connectivity index (χ2v) is 7.56. The van der Waals surface area contributed by atoms with Gasteiger partial charge in [-0.15, -0.1) is 24.0 Å². The third kappa shape index (κ3) is 8.77. The predicted octanol–water partition coefficient (Wildman–Crippen LogP) is 2.13. The molecule has 0 spiro atoms. The van der Waals surface area contributed by atoms with Gasteiger partial charge < -0.3 is 20.4 Å². The molecule has 0 aliphatic carbocycles. The van der Waals surface area contributed by atoms with Crippen molar-refractivity contribution in [1.82, 2.24) is 20.4 Å². The summed E-state index contributed by atoms with van der Waals surface area (Å²) in [6.07, 6.45) is 0.758. The van der Waals surface area contributed by atoms with Gasteiger partial charge in [-0.05, 0) is 31.5 Å². The summed E-state index contributed by atoms with van der Waals surface area (Å²) in [6, 6.07) is 7.56. The van der Waals surface area contributed by atoms with Crippen LogP contribution in [0.3, 0.4) is 0 Å². The van der Waals surface area contributed by atoms with Gasteiger partial charge in [0.1, 0.15) is 0 Å². The fraction of sp³-hybridized carbons (Fsp3) is 0.550. The van der Waals surface area contributed by atoms with Crippen molar-refractivity contribution in [2.24, 2.45) is 4.99 Å². The van der Waals surface area contributed by atoms with Crippen LogP contribution in [-0.4, -0.2) is 73.4 Å². The lowest BCUT2D eigenvalue weighted by atomic mass is 10.1. The van der Waals surface area contributed by atoms with Gasteiger partial charge in [0.25, 0.3) is 0 Å². The van der Waals surface area contributed by atoms with Gasteiger partial charge in [-0.3, -0.25) is 14.6 Å². The van der Waals surface area contributed by atoms with Crippen LogP contribution in [0.25, 0.3) is 0 Å². The first-order valence-electron chi connectivity index (χ1n) is 9.66. The average Bonchev–Trinajstić information content (AvgIpc) is 2.65. The SMILES string of the molecule is CN=C(NCCC(=O)NC(C)C)N1CCN(C(=O)Cc2cccc(Cl)c2)CC1.I. The van der Waals surface area contributed by atoms with Crippen molar-refractivity contribution in [3.8, 4) is 0 Å². The smallest absolute Gasteiger partial charge is 0.227 e. The highest BCUT2D eigenvalue weighted by atomic mass is 127. The highest BCUT2D eigenvalue weighted by molar-refractivity contribution is 14.0. The molecule has 2 N–H and O–H groups in total. The second-order valence-electron chi connectivity index (χ2n) is 7.12. The Morgan fingerprint density at radius 2 is 1.83 bits per heavy atom. The molecule has 1 aromatic rings. The molecule has 0 bridgehead atoms. The molecule has 1 saturated heterocycles. The average molecular weight is 536 g/mol. The van der Waals surface area contributed by atoms with E-state index in [1.54, 1.807) is 13.1 Å². The molecule has 29 heavy (non-hydrogen) atoms. The van der Waals surface area contributed by atoms with E-state index in [0.29, 0.717) is 50.6 Å². The standard InChI is InChI=1S/C20H30ClN5O2.HI/c1-15(2)24-18(27)7-8-23-20(22-3)26-11-9-25(10-12-26)19(28)14-16-5-4-6-17(21)13-16;/h4-6,13,15H,7-12,14H2,1-3H3,(H,22,23)(H,24,27);1H. The minimum absolute atomic E-state index is 0. The van der Waals surface area contributed by atoms with Crippen LogP contribution >= 0.6 is 35.6 Å². The Morgan fingerprint density at radius 1 is 1.17 bits per heavy atom. The number of hydrogen-bond acceptors (Lipinski definition) is 3. The number of halogens is 2. The van der Waals surface area contributed by atoms with Crippen LogP contribution in [0.4, 0.5) is 0 Å². The van der Waals surface area contributed by atoms with Crippen molar-refractivity contribution in [3.63, 3.8) is 0 Å². The largest absolute Gasteiger partial charge is 0.356 e. The van der Waals surface area contributed by atoms with E-state index in [1.807, 2.05) is 36.9 Å². The minimum Gasteiger partial charge on any atom is -0.356 e. The Kier molecular flexibility index (Phi) is 11.3. The Hall–Kier alpha value is -1.55. The highest BCUT2D eigenvalue weighted by Gasteiger charge is 2.23. The third-order valence-corrected chi connectivity index (χ3v) is 4.71. The quantitative estimate of drug-likeness (QED) is 0.332. The molecule has 1 heterocycles. The Bertz CT molecular complexity index is 706. The topological polar surface area (TPSA) is 77.0 Å². The minimum atomic E-state index is 0. The van der Waals surface area contributed by atoms with Crippen LogP contribution in [-0.2, 0) is 16.0 Å². The number of aliphatic imine (C=N–C) groups is 1. The Labute approximate surface area is 195 Å². The van der Waals surface area contributed by atoms with Crippen LogP contribution in [0.15, 0.2) is 29.3 Å². The van der Waals surface area contributed by atoms with Gasteiger partial charge >= 0.3 is 0 Å². The first kappa shape index (κ1) is 25.5. The molecular formula is C20H31ClIN5O2. The zero-order valence-corrected chi connectivity index (χ0v) is 20.4. The summed E-state index contributed by atoms with van der Waals surface area (Å²) in [7, 11) is 1.73. The number of rotatable bonds is 6. The Balaban J connectivity index is 0.00000420. The molecular weight excluding hydrogens is 505 g/mol. The summed E-state index contributed by atoms with van der Waals surface area (Å²) in [4.78, 5) is 32.6. The van der Waals surface area contributed by atoms with Crippen LogP contribution in [0.1, 0.15) is 25.8 Å². The van der Waals surface area contributed by atoms with Crippen LogP contribution in [0.5, 0.6) is 0 Å². The molecule has 0 radical (unpaired) electrons. The Morgan fingerprint density at radius 3 is 2.41 bits per heavy atom. The van der Waals surface area contributed by atoms with Crippen molar-refractivity contribution in [2.45, 2.75) is 32.7 Å². The zero-order chi connectivity index (χ0) is 20.5. The van der Waals surface area contributed by atoms with Gasteiger partial charge in [-0.25, -0.2) is 0 Å².